The summed E-state index contributed by atoms with van der Waals surface area (Å²) in [6, 6.07) is 11.2. The van der Waals surface area contributed by atoms with Crippen LogP contribution in [-0.2, 0) is 38.5 Å². The fourth-order valence-electron chi connectivity index (χ4n) is 4.40. The number of sulfonamides is 1. The number of carbonyl (C=O) groups excluding carboxylic acids is 2. The number of fused-ring (bicyclic) bond motifs is 1. The molecule has 1 aliphatic rings. The molecular formula is C30H29F6N3O6S. The third kappa shape index (κ3) is 8.62. The Hall–Kier alpha value is -4.47. The van der Waals surface area contributed by atoms with Gasteiger partial charge in [-0.3, -0.25) is 14.4 Å². The third-order valence-corrected chi connectivity index (χ3v) is 8.25. The molecule has 0 spiro atoms. The second-order valence-corrected chi connectivity index (χ2v) is 13.1. The molecule has 1 atom stereocenters. The maximum atomic E-state index is 13.8. The molecular weight excluding hydrogens is 644 g/mol. The number of nitrogens with zero attached hydrogens (tertiary/aromatic N) is 1. The number of rotatable bonds is 7. The fraction of sp³-hybridized carbons (Fsp3) is 0.333. The molecule has 16 heteroatoms. The Morgan fingerprint density at radius 2 is 1.57 bits per heavy atom. The lowest BCUT2D eigenvalue weighted by molar-refractivity contribution is -0.138. The van der Waals surface area contributed by atoms with E-state index >= 15 is 0 Å². The summed E-state index contributed by atoms with van der Waals surface area (Å²) in [5.74, 6) is -0.676. The van der Waals surface area contributed by atoms with E-state index < -0.39 is 75.1 Å². The van der Waals surface area contributed by atoms with Crippen molar-refractivity contribution in [3.05, 3.63) is 83.4 Å². The minimum Gasteiger partial charge on any atom is -0.486 e. The van der Waals surface area contributed by atoms with E-state index in [4.69, 9.17) is 9.47 Å². The van der Waals surface area contributed by atoms with Crippen LogP contribution in [0.1, 0.15) is 43.9 Å². The van der Waals surface area contributed by atoms with E-state index in [1.54, 1.807) is 20.8 Å². The van der Waals surface area contributed by atoms with Gasteiger partial charge in [0.05, 0.1) is 34.7 Å². The molecule has 2 amide bonds. The van der Waals surface area contributed by atoms with Crippen molar-refractivity contribution in [3.63, 3.8) is 0 Å². The third-order valence-electron chi connectivity index (χ3n) is 6.47. The van der Waals surface area contributed by atoms with Gasteiger partial charge in [0.15, 0.2) is 0 Å². The van der Waals surface area contributed by atoms with Gasteiger partial charge in [-0.25, -0.2) is 13.2 Å². The average molecular weight is 674 g/mol. The zero-order chi connectivity index (χ0) is 34.1. The number of halogens is 6. The van der Waals surface area contributed by atoms with Crippen molar-refractivity contribution < 1.29 is 53.8 Å². The van der Waals surface area contributed by atoms with Crippen molar-refractivity contribution in [2.24, 2.45) is 0 Å². The molecule has 248 valence electrons. The van der Waals surface area contributed by atoms with E-state index in [-0.39, 0.29) is 23.7 Å². The summed E-state index contributed by atoms with van der Waals surface area (Å²) in [5.41, 5.74) is -2.55. The monoisotopic (exact) mass is 673 g/mol. The molecule has 0 radical (unpaired) electrons. The lowest BCUT2D eigenvalue weighted by Gasteiger charge is -2.35. The summed E-state index contributed by atoms with van der Waals surface area (Å²) in [6.45, 7) is 4.27. The maximum absolute atomic E-state index is 13.8. The van der Waals surface area contributed by atoms with Crippen LogP contribution in [0.2, 0.25) is 0 Å². The summed E-state index contributed by atoms with van der Waals surface area (Å²) in [6.07, 6.45) is -11.7. The van der Waals surface area contributed by atoms with Crippen LogP contribution in [0, 0.1) is 0 Å². The van der Waals surface area contributed by atoms with Gasteiger partial charge in [0.2, 0.25) is 5.91 Å². The Balaban J connectivity index is 1.59. The molecule has 1 aliphatic heterocycles. The zero-order valence-electron chi connectivity index (χ0n) is 24.6. The van der Waals surface area contributed by atoms with E-state index in [0.717, 1.165) is 34.6 Å². The quantitative estimate of drug-likeness (QED) is 0.269. The highest BCUT2D eigenvalue weighted by atomic mass is 32.2. The summed E-state index contributed by atoms with van der Waals surface area (Å²) in [7, 11) is -4.69. The second kappa shape index (κ2) is 12.7. The standard InChI is InChI=1S/C30H29F6N3O6S/c1-28(2,3)45-27(41)38-21-11-12-25-24(14-21)39(46(42,43)23-6-4-5-20(13-23)30(34,35)36)17-22(44-25)15-26(40)37-16-18-7-9-19(10-8-18)29(31,32)33/h4-14,22H,15-17H2,1-3H3,(H,37,40)(H,38,41)/t22-/m0/s1. The van der Waals surface area contributed by atoms with E-state index in [1.165, 1.54) is 30.3 Å². The van der Waals surface area contributed by atoms with Crippen molar-refractivity contribution in [2.45, 2.75) is 62.7 Å². The highest BCUT2D eigenvalue weighted by molar-refractivity contribution is 7.92. The molecule has 2 N–H and O–H groups in total. The molecule has 0 unspecified atom stereocenters. The van der Waals surface area contributed by atoms with Crippen LogP contribution in [0.25, 0.3) is 0 Å². The zero-order valence-corrected chi connectivity index (χ0v) is 25.4. The maximum Gasteiger partial charge on any atom is 0.416 e. The normalized spacial score (nSPS) is 15.4. The molecule has 46 heavy (non-hydrogen) atoms. The first kappa shape index (κ1) is 34.4. The molecule has 3 aromatic rings. The lowest BCUT2D eigenvalue weighted by atomic mass is 10.1. The molecule has 0 bridgehead atoms. The van der Waals surface area contributed by atoms with E-state index in [9.17, 15) is 44.3 Å². The van der Waals surface area contributed by atoms with Gasteiger partial charge in [0, 0.05) is 12.2 Å². The number of hydrogen-bond donors (Lipinski definition) is 2. The van der Waals surface area contributed by atoms with Crippen LogP contribution in [-0.4, -0.2) is 38.7 Å². The predicted molar refractivity (Wildman–Crippen MR) is 155 cm³/mol. The molecule has 9 nitrogen and oxygen atoms in total. The van der Waals surface area contributed by atoms with Crippen LogP contribution in [0.15, 0.2) is 71.6 Å². The minimum absolute atomic E-state index is 0.0444. The van der Waals surface area contributed by atoms with Crippen molar-refractivity contribution in [1.29, 1.82) is 0 Å². The molecule has 0 saturated carbocycles. The Morgan fingerprint density at radius 3 is 2.17 bits per heavy atom. The number of benzene rings is 3. The summed E-state index contributed by atoms with van der Waals surface area (Å²) >= 11 is 0. The van der Waals surface area contributed by atoms with Crippen LogP contribution in [0.5, 0.6) is 5.75 Å². The summed E-state index contributed by atoms with van der Waals surface area (Å²) < 4.78 is 118. The lowest BCUT2D eigenvalue weighted by Crippen LogP contribution is -2.45. The number of ether oxygens (including phenoxy) is 2. The van der Waals surface area contributed by atoms with Gasteiger partial charge < -0.3 is 14.8 Å². The number of nitrogens with one attached hydrogen (secondary N) is 2. The highest BCUT2D eigenvalue weighted by Gasteiger charge is 2.38. The van der Waals surface area contributed by atoms with Gasteiger partial charge in [-0.15, -0.1) is 0 Å². The van der Waals surface area contributed by atoms with Crippen molar-refractivity contribution in [3.8, 4) is 5.75 Å². The van der Waals surface area contributed by atoms with E-state index in [1.807, 2.05) is 0 Å². The molecule has 4 rings (SSSR count). The number of hydrogen-bond acceptors (Lipinski definition) is 6. The Morgan fingerprint density at radius 1 is 0.913 bits per heavy atom. The first-order chi connectivity index (χ1) is 21.2. The van der Waals surface area contributed by atoms with Crippen LogP contribution in [0.3, 0.4) is 0 Å². The molecule has 0 aromatic heterocycles. The minimum atomic E-state index is -4.83. The van der Waals surface area contributed by atoms with Crippen LogP contribution in [0.4, 0.5) is 42.5 Å². The highest BCUT2D eigenvalue weighted by Crippen LogP contribution is 2.40. The first-order valence-electron chi connectivity index (χ1n) is 13.7. The van der Waals surface area contributed by atoms with Gasteiger partial charge in [0.1, 0.15) is 17.5 Å². The smallest absolute Gasteiger partial charge is 0.416 e. The SMILES string of the molecule is CC(C)(C)OC(=O)Nc1ccc2c(c1)N(S(=O)(=O)c1cccc(C(F)(F)F)c1)C[C@H](CC(=O)NCc1ccc(C(F)(F)F)cc1)O2. The van der Waals surface area contributed by atoms with Crippen molar-refractivity contribution in [2.75, 3.05) is 16.2 Å². The van der Waals surface area contributed by atoms with Gasteiger partial charge in [-0.05, 0) is 74.9 Å². The van der Waals surface area contributed by atoms with Crippen LogP contribution >= 0.6 is 0 Å². The summed E-state index contributed by atoms with van der Waals surface area (Å²) in [4.78, 5) is 24.4. The number of anilines is 2. The number of alkyl halides is 6. The Kier molecular flexibility index (Phi) is 9.52. The molecule has 1 heterocycles. The van der Waals surface area contributed by atoms with E-state index in [2.05, 4.69) is 10.6 Å². The molecule has 0 saturated heterocycles. The Bertz CT molecular complexity index is 1700. The van der Waals surface area contributed by atoms with Gasteiger partial charge in [-0.2, -0.15) is 26.3 Å². The first-order valence-corrected chi connectivity index (χ1v) is 15.1. The van der Waals surface area contributed by atoms with Gasteiger partial charge in [0.25, 0.3) is 10.0 Å². The fourth-order valence-corrected chi connectivity index (χ4v) is 5.94. The van der Waals surface area contributed by atoms with Crippen molar-refractivity contribution in [1.82, 2.24) is 5.32 Å². The topological polar surface area (TPSA) is 114 Å². The second-order valence-electron chi connectivity index (χ2n) is 11.3. The van der Waals surface area contributed by atoms with Gasteiger partial charge in [-0.1, -0.05) is 18.2 Å². The predicted octanol–water partition coefficient (Wildman–Crippen LogP) is 6.73. The molecule has 3 aromatic carbocycles. The van der Waals surface area contributed by atoms with Gasteiger partial charge >= 0.3 is 18.4 Å². The van der Waals surface area contributed by atoms with Crippen LogP contribution < -0.4 is 19.7 Å². The average Bonchev–Trinajstić information content (AvgIpc) is 2.94. The number of amides is 2. The summed E-state index contributed by atoms with van der Waals surface area (Å²) in [5, 5.41) is 5.00. The molecule has 0 fully saturated rings. The number of carbonyl (C=O) groups is 2. The van der Waals surface area contributed by atoms with Crippen molar-refractivity contribution >= 4 is 33.4 Å². The van der Waals surface area contributed by atoms with E-state index in [0.29, 0.717) is 11.6 Å². The Labute approximate surface area is 260 Å². The molecule has 0 aliphatic carbocycles. The largest absolute Gasteiger partial charge is 0.486 e.